The van der Waals surface area contributed by atoms with Crippen molar-refractivity contribution in [3.63, 3.8) is 0 Å². The van der Waals surface area contributed by atoms with E-state index < -0.39 is 0 Å². The predicted molar refractivity (Wildman–Crippen MR) is 252 cm³/mol. The van der Waals surface area contributed by atoms with Crippen LogP contribution in [-0.4, -0.2) is 107 Å². The molecule has 0 spiro atoms. The van der Waals surface area contributed by atoms with E-state index in [4.69, 9.17) is 25.8 Å². The van der Waals surface area contributed by atoms with Crippen LogP contribution in [0, 0.1) is 0 Å². The molecule has 2 unspecified atom stereocenters. The standard InChI is InChI=1S/C52H66ClN3O3S/c53-47-27-28-51-49(43-47)56(48-25-12-13-26-50(48)60-51)32-18-31-55-35-33-54(34-36-55)30-15-1-2-16-37-57-39-41-59-42-40-58-38-17-14-29-52(44-19-6-3-7-20-44,45-21-8-4-9-22-45)46-23-10-5-11-24-46/h3-13,19-28,43,49,51H,1-2,14-18,29-42H2. The molecule has 1 saturated heterocycles. The quantitative estimate of drug-likeness (QED) is 0.0486. The van der Waals surface area contributed by atoms with E-state index in [1.165, 1.54) is 85.7 Å². The zero-order valence-corrected chi connectivity index (χ0v) is 37.1. The molecule has 8 heteroatoms. The lowest BCUT2D eigenvalue weighted by molar-refractivity contribution is 0.0131. The Labute approximate surface area is 369 Å². The number of piperazine rings is 1. The zero-order valence-electron chi connectivity index (χ0n) is 35.6. The number of para-hydroxylation sites is 1. The van der Waals surface area contributed by atoms with Gasteiger partial charge in [-0.25, -0.2) is 0 Å². The summed E-state index contributed by atoms with van der Waals surface area (Å²) in [6.07, 6.45) is 15.7. The van der Waals surface area contributed by atoms with E-state index in [9.17, 15) is 0 Å². The molecule has 2 heterocycles. The van der Waals surface area contributed by atoms with Gasteiger partial charge in [-0.05, 0) is 92.6 Å². The third-order valence-electron chi connectivity index (χ3n) is 12.4. The second-order valence-electron chi connectivity index (χ2n) is 16.4. The predicted octanol–water partition coefficient (Wildman–Crippen LogP) is 10.9. The first-order valence-electron chi connectivity index (χ1n) is 22.6. The fraction of sp³-hybridized carbons (Fsp3) is 0.462. The summed E-state index contributed by atoms with van der Waals surface area (Å²) >= 11 is 8.42. The first kappa shape index (κ1) is 44.6. The number of fused-ring (bicyclic) bond motifs is 2. The second-order valence-corrected chi connectivity index (χ2v) is 18.0. The van der Waals surface area contributed by atoms with Gasteiger partial charge in [-0.15, -0.1) is 11.8 Å². The molecular formula is C52H66ClN3O3S. The van der Waals surface area contributed by atoms with Crippen molar-refractivity contribution in [1.29, 1.82) is 0 Å². The largest absolute Gasteiger partial charge is 0.379 e. The van der Waals surface area contributed by atoms with Crippen molar-refractivity contribution in [1.82, 2.24) is 9.80 Å². The monoisotopic (exact) mass is 847 g/mol. The van der Waals surface area contributed by atoms with E-state index in [0.717, 1.165) is 57.0 Å². The molecule has 60 heavy (non-hydrogen) atoms. The normalized spacial score (nSPS) is 18.3. The van der Waals surface area contributed by atoms with E-state index in [1.807, 2.05) is 11.8 Å². The van der Waals surface area contributed by atoms with E-state index in [0.29, 0.717) is 37.7 Å². The van der Waals surface area contributed by atoms with Crippen LogP contribution in [0.25, 0.3) is 0 Å². The van der Waals surface area contributed by atoms with Crippen molar-refractivity contribution in [3.8, 4) is 0 Å². The minimum absolute atomic E-state index is 0.196. The van der Waals surface area contributed by atoms with Crippen LogP contribution in [-0.2, 0) is 19.6 Å². The number of nitrogens with zero attached hydrogens (tertiary/aromatic N) is 3. The smallest absolute Gasteiger partial charge is 0.0701 e. The molecule has 4 aromatic carbocycles. The maximum atomic E-state index is 6.46. The summed E-state index contributed by atoms with van der Waals surface area (Å²) in [4.78, 5) is 9.29. The summed E-state index contributed by atoms with van der Waals surface area (Å²) in [7, 11) is 0. The third kappa shape index (κ3) is 12.6. The lowest BCUT2D eigenvalue weighted by Gasteiger charge is -2.43. The van der Waals surface area contributed by atoms with Crippen LogP contribution in [0.4, 0.5) is 5.69 Å². The van der Waals surface area contributed by atoms with Gasteiger partial charge in [0.2, 0.25) is 0 Å². The van der Waals surface area contributed by atoms with Crippen molar-refractivity contribution in [2.24, 2.45) is 0 Å². The number of halogens is 1. The van der Waals surface area contributed by atoms with Crippen LogP contribution in [0.15, 0.2) is 143 Å². The van der Waals surface area contributed by atoms with Gasteiger partial charge in [0.05, 0.1) is 43.4 Å². The molecule has 0 radical (unpaired) electrons. The van der Waals surface area contributed by atoms with E-state index in [1.54, 1.807) is 0 Å². The van der Waals surface area contributed by atoms with Gasteiger partial charge in [-0.2, -0.15) is 0 Å². The number of anilines is 1. The molecule has 0 saturated carbocycles. The molecule has 0 aromatic heterocycles. The van der Waals surface area contributed by atoms with Gasteiger partial charge in [0.15, 0.2) is 0 Å². The number of thioether (sulfide) groups is 1. The first-order valence-corrected chi connectivity index (χ1v) is 23.9. The van der Waals surface area contributed by atoms with Crippen molar-refractivity contribution >= 4 is 29.1 Å². The van der Waals surface area contributed by atoms with E-state index in [2.05, 4.69) is 148 Å². The highest BCUT2D eigenvalue weighted by Gasteiger charge is 2.36. The highest BCUT2D eigenvalue weighted by molar-refractivity contribution is 8.00. The maximum Gasteiger partial charge on any atom is 0.0701 e. The van der Waals surface area contributed by atoms with Crippen LogP contribution < -0.4 is 4.90 Å². The van der Waals surface area contributed by atoms with Crippen LogP contribution in [0.3, 0.4) is 0 Å². The van der Waals surface area contributed by atoms with Gasteiger partial charge < -0.3 is 28.9 Å². The summed E-state index contributed by atoms with van der Waals surface area (Å²) in [5, 5.41) is 1.29. The summed E-state index contributed by atoms with van der Waals surface area (Å²) in [5.41, 5.74) is 5.16. The van der Waals surface area contributed by atoms with Crippen LogP contribution in [0.5, 0.6) is 0 Å². The number of hydrogen-bond donors (Lipinski definition) is 0. The van der Waals surface area contributed by atoms with E-state index >= 15 is 0 Å². The average Bonchev–Trinajstić information content (AvgIpc) is 3.30. The topological polar surface area (TPSA) is 37.4 Å². The Morgan fingerprint density at radius 2 is 1.03 bits per heavy atom. The Hall–Kier alpha value is -3.40. The second kappa shape index (κ2) is 24.3. The van der Waals surface area contributed by atoms with Crippen molar-refractivity contribution in [2.75, 3.05) is 90.4 Å². The van der Waals surface area contributed by atoms with Gasteiger partial charge in [0.1, 0.15) is 0 Å². The maximum absolute atomic E-state index is 6.46. The Balaban J connectivity index is 0.675. The fourth-order valence-corrected chi connectivity index (χ4v) is 10.7. The third-order valence-corrected chi connectivity index (χ3v) is 14.0. The van der Waals surface area contributed by atoms with Crippen molar-refractivity contribution in [3.05, 3.63) is 155 Å². The molecule has 3 aliphatic rings. The molecule has 2 atom stereocenters. The van der Waals surface area contributed by atoms with Gasteiger partial charge >= 0.3 is 0 Å². The lowest BCUT2D eigenvalue weighted by atomic mass is 9.66. The summed E-state index contributed by atoms with van der Waals surface area (Å²) in [6.45, 7) is 12.2. The number of ether oxygens (including phenoxy) is 3. The molecule has 0 bridgehead atoms. The minimum atomic E-state index is -0.196. The zero-order chi connectivity index (χ0) is 41.1. The summed E-state index contributed by atoms with van der Waals surface area (Å²) in [5.74, 6) is 0. The first-order chi connectivity index (χ1) is 29.7. The van der Waals surface area contributed by atoms with E-state index in [-0.39, 0.29) is 5.41 Å². The fourth-order valence-electron chi connectivity index (χ4n) is 9.19. The highest BCUT2D eigenvalue weighted by Crippen LogP contribution is 2.45. The van der Waals surface area contributed by atoms with Gasteiger partial charge in [-0.1, -0.05) is 134 Å². The number of unbranched alkanes of at least 4 members (excludes halogenated alkanes) is 4. The van der Waals surface area contributed by atoms with Crippen molar-refractivity contribution < 1.29 is 14.2 Å². The van der Waals surface area contributed by atoms with Gasteiger partial charge in [0.25, 0.3) is 0 Å². The van der Waals surface area contributed by atoms with Crippen LogP contribution >= 0.6 is 23.4 Å². The van der Waals surface area contributed by atoms with Gasteiger partial charge in [-0.3, -0.25) is 0 Å². The molecule has 7 rings (SSSR count). The molecular weight excluding hydrogens is 782 g/mol. The Morgan fingerprint density at radius 1 is 0.533 bits per heavy atom. The number of hydrogen-bond acceptors (Lipinski definition) is 7. The molecule has 0 amide bonds. The van der Waals surface area contributed by atoms with Crippen molar-refractivity contribution in [2.45, 2.75) is 73.0 Å². The Bertz CT molecular complexity index is 1770. The molecule has 1 fully saturated rings. The van der Waals surface area contributed by atoms with Crippen LogP contribution in [0.2, 0.25) is 0 Å². The summed E-state index contributed by atoms with van der Waals surface area (Å²) < 4.78 is 17.6. The molecule has 1 aliphatic carbocycles. The Morgan fingerprint density at radius 3 is 1.63 bits per heavy atom. The number of benzene rings is 4. The lowest BCUT2D eigenvalue weighted by Crippen LogP contribution is -2.48. The average molecular weight is 849 g/mol. The minimum Gasteiger partial charge on any atom is -0.379 e. The molecule has 4 aromatic rings. The molecule has 320 valence electrons. The number of rotatable bonds is 25. The molecule has 2 aliphatic heterocycles. The number of allylic oxidation sites excluding steroid dienone is 2. The van der Waals surface area contributed by atoms with Crippen LogP contribution in [0.1, 0.15) is 68.1 Å². The Kier molecular flexibility index (Phi) is 18.1. The molecule has 0 N–H and O–H groups in total. The SMILES string of the molecule is ClC1=CC2C(C=C1)Sc1ccccc1N2CCCN1CCN(CCCCCCOCCOCCOCCCCC(c2ccccc2)(c2ccccc2)c2ccccc2)CC1. The highest BCUT2D eigenvalue weighted by atomic mass is 35.5. The molecule has 6 nitrogen and oxygen atoms in total. The van der Waals surface area contributed by atoms with Gasteiger partial charge in [0, 0.05) is 61.3 Å². The summed E-state index contributed by atoms with van der Waals surface area (Å²) in [6, 6.07) is 42.1.